The van der Waals surface area contributed by atoms with E-state index in [4.69, 9.17) is 9.98 Å². The van der Waals surface area contributed by atoms with E-state index in [-0.39, 0.29) is 0 Å². The van der Waals surface area contributed by atoms with Gasteiger partial charge in [0.25, 0.3) is 0 Å². The monoisotopic (exact) mass is 676 g/mol. The Morgan fingerprint density at radius 2 is 0.961 bits per heavy atom. The van der Waals surface area contributed by atoms with Gasteiger partial charge in [0.05, 0.1) is 17.7 Å². The van der Waals surface area contributed by atoms with Crippen molar-refractivity contribution >= 4 is 34.6 Å². The van der Waals surface area contributed by atoms with Gasteiger partial charge in [-0.25, -0.2) is 4.99 Å². The molecule has 0 aliphatic carbocycles. The van der Waals surface area contributed by atoms with Crippen molar-refractivity contribution in [2.24, 2.45) is 9.98 Å². The van der Waals surface area contributed by atoms with Crippen LogP contribution in [0.5, 0.6) is 0 Å². The van der Waals surface area contributed by atoms with Crippen LogP contribution in [-0.4, -0.2) is 18.1 Å². The van der Waals surface area contributed by atoms with Gasteiger partial charge in [0, 0.05) is 27.9 Å². The molecule has 7 aromatic rings. The van der Waals surface area contributed by atoms with Gasteiger partial charge in [-0.1, -0.05) is 194 Å². The minimum atomic E-state index is -3.26. The van der Waals surface area contributed by atoms with Crippen LogP contribution >= 0.6 is 7.14 Å². The van der Waals surface area contributed by atoms with Gasteiger partial charge in [0.2, 0.25) is 0 Å². The predicted molar refractivity (Wildman–Crippen MR) is 213 cm³/mol. The maximum Gasteiger partial charge on any atom is 0.171 e. The third-order valence-corrected chi connectivity index (χ3v) is 12.9. The van der Waals surface area contributed by atoms with Crippen molar-refractivity contribution in [3.63, 3.8) is 0 Å². The van der Waals surface area contributed by atoms with Gasteiger partial charge >= 0.3 is 0 Å². The highest BCUT2D eigenvalue weighted by atomic mass is 31.2. The van der Waals surface area contributed by atoms with E-state index in [1.807, 2.05) is 91.0 Å². The number of hydrogen-bond acceptors (Lipinski definition) is 3. The lowest BCUT2D eigenvalue weighted by Crippen LogP contribution is -2.36. The van der Waals surface area contributed by atoms with Gasteiger partial charge in [0.15, 0.2) is 13.0 Å². The SMILES string of the molecule is O=P(c1ccccc1)(c1ccccc1)c1cccc(C2(c3ccccc3)CN=C(c3ccccc3)N=C(c3ccccc3)Cc3ccccc32)c1. The minimum Gasteiger partial charge on any atom is -0.309 e. The van der Waals surface area contributed by atoms with E-state index in [1.54, 1.807) is 0 Å². The zero-order valence-electron chi connectivity index (χ0n) is 28.2. The van der Waals surface area contributed by atoms with E-state index in [0.717, 1.165) is 49.4 Å². The van der Waals surface area contributed by atoms with E-state index >= 15 is 4.57 Å². The zero-order valence-corrected chi connectivity index (χ0v) is 29.1. The first-order valence-corrected chi connectivity index (χ1v) is 19.1. The fourth-order valence-electron chi connectivity index (χ4n) is 7.37. The van der Waals surface area contributed by atoms with Crippen molar-refractivity contribution in [2.45, 2.75) is 11.8 Å². The number of fused-ring (bicyclic) bond motifs is 1. The van der Waals surface area contributed by atoms with Gasteiger partial charge in [-0.15, -0.1) is 0 Å². The average molecular weight is 677 g/mol. The second kappa shape index (κ2) is 14.2. The molecule has 1 unspecified atom stereocenters. The van der Waals surface area contributed by atoms with Crippen LogP contribution < -0.4 is 15.9 Å². The highest BCUT2D eigenvalue weighted by Crippen LogP contribution is 2.46. The van der Waals surface area contributed by atoms with Crippen LogP contribution in [0.1, 0.15) is 33.4 Å². The molecule has 1 aliphatic rings. The second-order valence-electron chi connectivity index (χ2n) is 12.9. The Labute approximate surface area is 300 Å². The molecule has 0 amide bonds. The Morgan fingerprint density at radius 3 is 1.59 bits per heavy atom. The van der Waals surface area contributed by atoms with E-state index in [1.165, 1.54) is 5.56 Å². The predicted octanol–water partition coefficient (Wildman–Crippen LogP) is 9.15. The molecular formula is C47H37N2OP. The van der Waals surface area contributed by atoms with Gasteiger partial charge in [-0.05, 0) is 33.9 Å². The molecule has 0 saturated heterocycles. The van der Waals surface area contributed by atoms with E-state index in [2.05, 4.69) is 109 Å². The number of benzene rings is 7. The summed E-state index contributed by atoms with van der Waals surface area (Å²) in [6, 6.07) is 68.3. The summed E-state index contributed by atoms with van der Waals surface area (Å²) in [5, 5.41) is 2.41. The molecule has 3 nitrogen and oxygen atoms in total. The first-order valence-electron chi connectivity index (χ1n) is 17.4. The summed E-state index contributed by atoms with van der Waals surface area (Å²) < 4.78 is 15.7. The topological polar surface area (TPSA) is 41.8 Å². The first kappa shape index (κ1) is 32.3. The molecule has 0 aromatic heterocycles. The van der Waals surface area contributed by atoms with Gasteiger partial charge < -0.3 is 4.57 Å². The van der Waals surface area contributed by atoms with Crippen molar-refractivity contribution in [1.82, 2.24) is 0 Å². The van der Waals surface area contributed by atoms with Crippen LogP contribution in [-0.2, 0) is 16.4 Å². The highest BCUT2D eigenvalue weighted by Gasteiger charge is 2.40. The summed E-state index contributed by atoms with van der Waals surface area (Å²) in [5.41, 5.74) is 6.74. The Hall–Kier alpha value is -5.89. The summed E-state index contributed by atoms with van der Waals surface area (Å²) in [7, 11) is -3.26. The summed E-state index contributed by atoms with van der Waals surface area (Å²) in [5.74, 6) is 0.693. The molecule has 246 valence electrons. The first-order chi connectivity index (χ1) is 25.2. The summed E-state index contributed by atoms with van der Waals surface area (Å²) in [4.78, 5) is 10.8. The molecule has 0 saturated carbocycles. The average Bonchev–Trinajstić information content (AvgIpc) is 3.29. The van der Waals surface area contributed by atoms with Crippen LogP contribution in [0.15, 0.2) is 210 Å². The second-order valence-corrected chi connectivity index (χ2v) is 15.6. The van der Waals surface area contributed by atoms with E-state index in [9.17, 15) is 0 Å². The molecule has 8 rings (SSSR count). The number of aliphatic imine (C=N–C) groups is 2. The van der Waals surface area contributed by atoms with Crippen LogP contribution in [0.4, 0.5) is 0 Å². The van der Waals surface area contributed by atoms with Crippen molar-refractivity contribution in [1.29, 1.82) is 0 Å². The Bertz CT molecular complexity index is 2330. The molecular weight excluding hydrogens is 640 g/mol. The van der Waals surface area contributed by atoms with Gasteiger partial charge in [-0.3, -0.25) is 4.99 Å². The molecule has 0 fully saturated rings. The molecule has 1 atom stereocenters. The van der Waals surface area contributed by atoms with E-state index < -0.39 is 12.6 Å². The van der Waals surface area contributed by atoms with Crippen molar-refractivity contribution in [3.05, 3.63) is 234 Å². The molecule has 0 N–H and O–H groups in total. The highest BCUT2D eigenvalue weighted by molar-refractivity contribution is 7.85. The van der Waals surface area contributed by atoms with Crippen LogP contribution in [0.2, 0.25) is 0 Å². The summed E-state index contributed by atoms with van der Waals surface area (Å²) >= 11 is 0. The standard InChI is InChI=1S/C47H37N2OP/c50-51(41-27-12-4-13-28-41,42-29-14-5-15-30-42)43-31-18-26-40(34-43)47(39-24-10-3-11-25-39)35-48-46(37-21-8-2-9-22-37)49-45(36-19-6-1-7-20-36)33-38-23-16-17-32-44(38)47/h1-32,34H,33,35H2. The number of rotatable bonds is 7. The molecule has 7 aromatic carbocycles. The molecule has 1 aliphatic heterocycles. The Balaban J connectivity index is 1.42. The van der Waals surface area contributed by atoms with Crippen LogP contribution in [0, 0.1) is 0 Å². The van der Waals surface area contributed by atoms with Crippen LogP contribution in [0.25, 0.3) is 0 Å². The molecule has 1 heterocycles. The van der Waals surface area contributed by atoms with E-state index in [0.29, 0.717) is 18.8 Å². The fraction of sp³-hybridized carbons (Fsp3) is 0.0638. The van der Waals surface area contributed by atoms with Gasteiger partial charge in [0.1, 0.15) is 0 Å². The fourth-order valence-corrected chi connectivity index (χ4v) is 10.1. The van der Waals surface area contributed by atoms with Gasteiger partial charge in [-0.2, -0.15) is 0 Å². The third kappa shape index (κ3) is 6.11. The number of nitrogens with zero attached hydrogens (tertiary/aromatic N) is 2. The number of amidine groups is 1. The van der Waals surface area contributed by atoms with Crippen molar-refractivity contribution in [3.8, 4) is 0 Å². The lowest BCUT2D eigenvalue weighted by Gasteiger charge is -2.37. The smallest absolute Gasteiger partial charge is 0.171 e. The normalized spacial score (nSPS) is 16.1. The lowest BCUT2D eigenvalue weighted by molar-refractivity contribution is 0.592. The zero-order chi connectivity index (χ0) is 34.5. The maximum atomic E-state index is 15.7. The third-order valence-electron chi connectivity index (χ3n) is 9.89. The minimum absolute atomic E-state index is 0.397. The molecule has 51 heavy (non-hydrogen) atoms. The van der Waals surface area contributed by atoms with Crippen LogP contribution in [0.3, 0.4) is 0 Å². The summed E-state index contributed by atoms with van der Waals surface area (Å²) in [6.45, 7) is 0.397. The Kier molecular flexibility index (Phi) is 8.97. The largest absolute Gasteiger partial charge is 0.309 e. The molecule has 0 radical (unpaired) electrons. The summed E-state index contributed by atoms with van der Waals surface area (Å²) in [6.07, 6.45) is 0.618. The number of hydrogen-bond donors (Lipinski definition) is 0. The molecule has 4 heteroatoms. The van der Waals surface area contributed by atoms with Crippen molar-refractivity contribution in [2.75, 3.05) is 6.54 Å². The molecule has 0 bridgehead atoms. The maximum absolute atomic E-state index is 15.7. The quantitative estimate of drug-likeness (QED) is 0.155. The van der Waals surface area contributed by atoms with Crippen molar-refractivity contribution < 1.29 is 4.57 Å². The Morgan fingerprint density at radius 1 is 0.471 bits per heavy atom. The lowest BCUT2D eigenvalue weighted by atomic mass is 9.67. The molecule has 0 spiro atoms.